The Balaban J connectivity index is 1.57. The van der Waals surface area contributed by atoms with Crippen LogP contribution in [-0.4, -0.2) is 32.8 Å². The number of methoxy groups -OCH3 is 1. The van der Waals surface area contributed by atoms with Crippen molar-refractivity contribution in [2.24, 2.45) is 0 Å². The lowest BCUT2D eigenvalue weighted by atomic mass is 9.96. The highest BCUT2D eigenvalue weighted by Crippen LogP contribution is 2.29. The van der Waals surface area contributed by atoms with Gasteiger partial charge in [0.15, 0.2) is 5.65 Å². The Morgan fingerprint density at radius 1 is 1.15 bits per heavy atom. The van der Waals surface area contributed by atoms with E-state index < -0.39 is 5.97 Å². The summed E-state index contributed by atoms with van der Waals surface area (Å²) in [5, 5.41) is 13.5. The summed E-state index contributed by atoms with van der Waals surface area (Å²) in [5.41, 5.74) is 5.64. The molecule has 0 fully saturated rings. The molecule has 4 rings (SSSR count). The van der Waals surface area contributed by atoms with Crippen LogP contribution in [0.1, 0.15) is 36.0 Å². The van der Waals surface area contributed by atoms with Gasteiger partial charge in [-0.3, -0.25) is 4.79 Å². The maximum atomic E-state index is 11.1. The number of hydrogen-bond acceptors (Lipinski definition) is 5. The molecule has 2 heterocycles. The van der Waals surface area contributed by atoms with E-state index in [2.05, 4.69) is 28.0 Å². The molecule has 0 aliphatic heterocycles. The monoisotopic (exact) mass is 455 g/mol. The zero-order valence-electron chi connectivity index (χ0n) is 19.3. The Morgan fingerprint density at radius 3 is 2.59 bits per heavy atom. The number of pyridine rings is 1. The molecule has 7 heteroatoms. The van der Waals surface area contributed by atoms with Crippen LogP contribution in [0.15, 0.2) is 61.1 Å². The molecule has 0 amide bonds. The predicted molar refractivity (Wildman–Crippen MR) is 129 cm³/mol. The average Bonchev–Trinajstić information content (AvgIpc) is 3.31. The van der Waals surface area contributed by atoms with Crippen LogP contribution in [0.2, 0.25) is 0 Å². The minimum absolute atomic E-state index is 0.0382. The maximum Gasteiger partial charge on any atom is 0.304 e. The highest BCUT2D eigenvalue weighted by Gasteiger charge is 2.14. The van der Waals surface area contributed by atoms with Gasteiger partial charge in [0.2, 0.25) is 0 Å². The molecule has 0 aliphatic rings. The number of carbonyl (C=O) groups is 1. The van der Waals surface area contributed by atoms with Crippen LogP contribution in [0.25, 0.3) is 16.8 Å². The van der Waals surface area contributed by atoms with E-state index in [1.807, 2.05) is 55.6 Å². The molecule has 0 radical (unpaired) electrons. The average molecular weight is 456 g/mol. The van der Waals surface area contributed by atoms with E-state index >= 15 is 0 Å². The van der Waals surface area contributed by atoms with E-state index in [0.29, 0.717) is 12.4 Å². The molecule has 0 saturated carbocycles. The summed E-state index contributed by atoms with van der Waals surface area (Å²) in [5.74, 6) is 6.03. The zero-order valence-corrected chi connectivity index (χ0v) is 19.3. The third kappa shape index (κ3) is 5.02. The standard InChI is InChI=1S/C27H25N3O4/c1-4-5-20(14-26(31)32)19-6-8-23(9-7-19)34-16-22-13-21(15-30-27(22)28-17-29-30)25-11-10-24(33-3)12-18(25)2/h6-13,15,17,20H,14,16H2,1-3H3,(H,31,32)/t20-/m0/s1. The van der Waals surface area contributed by atoms with Gasteiger partial charge in [-0.25, -0.2) is 9.50 Å². The van der Waals surface area contributed by atoms with Gasteiger partial charge in [0.1, 0.15) is 24.4 Å². The van der Waals surface area contributed by atoms with Gasteiger partial charge in [0, 0.05) is 17.3 Å². The SMILES string of the molecule is CC#C[C@@H](CC(=O)O)c1ccc(OCc2cc(-c3ccc(OC)cc3C)cn3ncnc23)cc1. The molecule has 0 unspecified atom stereocenters. The van der Waals surface area contributed by atoms with Gasteiger partial charge in [-0.15, -0.1) is 5.92 Å². The molecule has 34 heavy (non-hydrogen) atoms. The second-order valence-corrected chi connectivity index (χ2v) is 7.87. The van der Waals surface area contributed by atoms with Crippen molar-refractivity contribution >= 4 is 11.6 Å². The smallest absolute Gasteiger partial charge is 0.304 e. The summed E-state index contributed by atoms with van der Waals surface area (Å²) in [7, 11) is 1.65. The second-order valence-electron chi connectivity index (χ2n) is 7.87. The third-order valence-electron chi connectivity index (χ3n) is 5.57. The lowest BCUT2D eigenvalue weighted by Gasteiger charge is -2.13. The van der Waals surface area contributed by atoms with Gasteiger partial charge in [-0.05, 0) is 60.9 Å². The normalized spacial score (nSPS) is 11.5. The van der Waals surface area contributed by atoms with Crippen LogP contribution >= 0.6 is 0 Å². The molecule has 172 valence electrons. The first-order valence-electron chi connectivity index (χ1n) is 10.8. The van der Waals surface area contributed by atoms with Gasteiger partial charge >= 0.3 is 5.97 Å². The molecule has 1 atom stereocenters. The fourth-order valence-electron chi connectivity index (χ4n) is 3.89. The summed E-state index contributed by atoms with van der Waals surface area (Å²) in [6, 6.07) is 15.4. The second kappa shape index (κ2) is 10.1. The van der Waals surface area contributed by atoms with E-state index in [1.165, 1.54) is 6.33 Å². The summed E-state index contributed by atoms with van der Waals surface area (Å²) in [6.45, 7) is 4.05. The molecule has 0 bridgehead atoms. The molecular weight excluding hydrogens is 430 g/mol. The van der Waals surface area contributed by atoms with Crippen molar-refractivity contribution in [1.82, 2.24) is 14.6 Å². The molecule has 2 aromatic carbocycles. The van der Waals surface area contributed by atoms with Crippen LogP contribution < -0.4 is 9.47 Å². The number of rotatable bonds is 8. The quantitative estimate of drug-likeness (QED) is 0.382. The van der Waals surface area contributed by atoms with Crippen LogP contribution in [0, 0.1) is 18.8 Å². The highest BCUT2D eigenvalue weighted by molar-refractivity contribution is 5.70. The third-order valence-corrected chi connectivity index (χ3v) is 5.57. The van der Waals surface area contributed by atoms with Crippen LogP contribution in [-0.2, 0) is 11.4 Å². The van der Waals surface area contributed by atoms with Crippen molar-refractivity contribution < 1.29 is 19.4 Å². The van der Waals surface area contributed by atoms with E-state index in [-0.39, 0.29) is 12.3 Å². The molecule has 0 aliphatic carbocycles. The number of carboxylic acid groups (broad SMARTS) is 1. The Kier molecular flexibility index (Phi) is 6.79. The Hall–Kier alpha value is -4.31. The van der Waals surface area contributed by atoms with Crippen molar-refractivity contribution in [3.8, 4) is 34.5 Å². The summed E-state index contributed by atoms with van der Waals surface area (Å²) in [4.78, 5) is 15.5. The number of benzene rings is 2. The molecule has 2 aromatic heterocycles. The number of aliphatic carboxylic acids is 1. The van der Waals surface area contributed by atoms with Crippen molar-refractivity contribution in [2.45, 2.75) is 32.8 Å². The van der Waals surface area contributed by atoms with Gasteiger partial charge in [0.25, 0.3) is 0 Å². The largest absolute Gasteiger partial charge is 0.497 e. The molecule has 4 aromatic rings. The first-order chi connectivity index (χ1) is 16.5. The first kappa shape index (κ1) is 22.9. The lowest BCUT2D eigenvalue weighted by molar-refractivity contribution is -0.137. The van der Waals surface area contributed by atoms with Crippen LogP contribution in [0.5, 0.6) is 11.5 Å². The van der Waals surface area contributed by atoms with E-state index in [0.717, 1.165) is 39.2 Å². The number of carboxylic acids is 1. The van der Waals surface area contributed by atoms with Crippen molar-refractivity contribution in [2.75, 3.05) is 7.11 Å². The molecular formula is C27H25N3O4. The number of ether oxygens (including phenoxy) is 2. The minimum Gasteiger partial charge on any atom is -0.497 e. The fourth-order valence-corrected chi connectivity index (χ4v) is 3.89. The van der Waals surface area contributed by atoms with Gasteiger partial charge < -0.3 is 14.6 Å². The lowest BCUT2D eigenvalue weighted by Crippen LogP contribution is -2.05. The van der Waals surface area contributed by atoms with E-state index in [9.17, 15) is 4.79 Å². The van der Waals surface area contributed by atoms with Crippen LogP contribution in [0.3, 0.4) is 0 Å². The Morgan fingerprint density at radius 2 is 1.91 bits per heavy atom. The highest BCUT2D eigenvalue weighted by atomic mass is 16.5. The number of hydrogen-bond donors (Lipinski definition) is 1. The van der Waals surface area contributed by atoms with Gasteiger partial charge in [-0.1, -0.05) is 24.1 Å². The zero-order chi connectivity index (χ0) is 24.1. The maximum absolute atomic E-state index is 11.1. The number of aryl methyl sites for hydroxylation is 1. The minimum atomic E-state index is -0.877. The van der Waals surface area contributed by atoms with Gasteiger partial charge in [0.05, 0.1) is 19.4 Å². The first-order valence-corrected chi connectivity index (χ1v) is 10.8. The Bertz CT molecular complexity index is 1380. The number of nitrogens with zero attached hydrogens (tertiary/aromatic N) is 3. The number of fused-ring (bicyclic) bond motifs is 1. The van der Waals surface area contributed by atoms with E-state index in [1.54, 1.807) is 18.5 Å². The predicted octanol–water partition coefficient (Wildman–Crippen LogP) is 4.87. The number of aromatic nitrogens is 3. The van der Waals surface area contributed by atoms with Crippen molar-refractivity contribution in [1.29, 1.82) is 0 Å². The summed E-state index contributed by atoms with van der Waals surface area (Å²) < 4.78 is 13.1. The summed E-state index contributed by atoms with van der Waals surface area (Å²) in [6.07, 6.45) is 3.44. The topological polar surface area (TPSA) is 86.0 Å². The van der Waals surface area contributed by atoms with E-state index in [4.69, 9.17) is 14.6 Å². The molecule has 0 saturated heterocycles. The van der Waals surface area contributed by atoms with Crippen molar-refractivity contribution in [3.63, 3.8) is 0 Å². The Labute approximate surface area is 198 Å². The molecule has 0 spiro atoms. The summed E-state index contributed by atoms with van der Waals surface area (Å²) >= 11 is 0. The molecule has 1 N–H and O–H groups in total. The molecule has 7 nitrogen and oxygen atoms in total. The van der Waals surface area contributed by atoms with Crippen molar-refractivity contribution in [3.05, 3.63) is 77.7 Å². The van der Waals surface area contributed by atoms with Crippen LogP contribution in [0.4, 0.5) is 0 Å². The fraction of sp³-hybridized carbons (Fsp3) is 0.222. The van der Waals surface area contributed by atoms with Gasteiger partial charge in [-0.2, -0.15) is 5.10 Å².